The molecule has 1 saturated heterocycles. The molecule has 1 fully saturated rings. The Morgan fingerprint density at radius 2 is 2.16 bits per heavy atom. The Kier molecular flexibility index (Phi) is 6.20. The number of rotatable bonds is 5. The number of piperidine rings is 1. The highest BCUT2D eigenvalue weighted by Gasteiger charge is 2.30. The summed E-state index contributed by atoms with van der Waals surface area (Å²) in [6.45, 7) is 7.17. The van der Waals surface area contributed by atoms with Crippen molar-refractivity contribution in [1.82, 2.24) is 19.8 Å². The van der Waals surface area contributed by atoms with E-state index in [4.69, 9.17) is 5.11 Å². The van der Waals surface area contributed by atoms with Crippen molar-refractivity contribution in [2.75, 3.05) is 51.2 Å². The maximum absolute atomic E-state index is 13.0. The van der Waals surface area contributed by atoms with E-state index in [-0.39, 0.29) is 12.5 Å². The monoisotopic (exact) mass is 347 g/mol. The van der Waals surface area contributed by atoms with Crippen LogP contribution in [0.2, 0.25) is 0 Å². The van der Waals surface area contributed by atoms with Gasteiger partial charge in [0.2, 0.25) is 5.91 Å². The van der Waals surface area contributed by atoms with Gasteiger partial charge in [0.15, 0.2) is 0 Å². The third kappa shape index (κ3) is 4.27. The predicted octanol–water partition coefficient (Wildman–Crippen LogP) is 0.540. The molecule has 1 amide bonds. The molecular formula is C18H29N5O2. The number of likely N-dealkylation sites (tertiary alicyclic amines) is 1. The summed E-state index contributed by atoms with van der Waals surface area (Å²) >= 11 is 0. The molecular weight excluding hydrogens is 318 g/mol. The summed E-state index contributed by atoms with van der Waals surface area (Å²) in [5.41, 5.74) is 2.11. The number of aromatic nitrogens is 2. The SMILES string of the molecule is CCN1CCC[C@@H](C(=O)N2CCc3ncnc(NCCO)c3CC2)C1. The molecule has 0 bridgehead atoms. The van der Waals surface area contributed by atoms with Crippen molar-refractivity contribution in [3.8, 4) is 0 Å². The normalized spacial score (nSPS) is 21.5. The zero-order valence-electron chi connectivity index (χ0n) is 15.1. The van der Waals surface area contributed by atoms with Crippen LogP contribution < -0.4 is 5.32 Å². The number of hydrogen-bond donors (Lipinski definition) is 2. The number of nitrogens with zero attached hydrogens (tertiary/aromatic N) is 4. The molecule has 0 unspecified atom stereocenters. The standard InChI is InChI=1S/C18H29N5O2/c1-2-22-8-3-4-14(12-22)18(25)23-9-5-15-16(6-10-23)20-13-21-17(15)19-7-11-24/h13-14,24H,2-12H2,1H3,(H,19,20,21)/t14-/m1/s1. The van der Waals surface area contributed by atoms with E-state index in [0.717, 1.165) is 75.5 Å². The lowest BCUT2D eigenvalue weighted by Crippen LogP contribution is -2.45. The van der Waals surface area contributed by atoms with Gasteiger partial charge in [0, 0.05) is 38.2 Å². The summed E-state index contributed by atoms with van der Waals surface area (Å²) in [7, 11) is 0. The van der Waals surface area contributed by atoms with E-state index in [1.165, 1.54) is 0 Å². The summed E-state index contributed by atoms with van der Waals surface area (Å²) in [5.74, 6) is 1.22. The Labute approximate surface area is 149 Å². The summed E-state index contributed by atoms with van der Waals surface area (Å²) < 4.78 is 0. The number of anilines is 1. The molecule has 3 heterocycles. The fraction of sp³-hybridized carbons (Fsp3) is 0.722. The van der Waals surface area contributed by atoms with Gasteiger partial charge in [0.25, 0.3) is 0 Å². The molecule has 3 rings (SSSR count). The van der Waals surface area contributed by atoms with Gasteiger partial charge in [0.05, 0.1) is 18.2 Å². The van der Waals surface area contributed by atoms with Crippen LogP contribution in [0.3, 0.4) is 0 Å². The Morgan fingerprint density at radius 3 is 2.96 bits per heavy atom. The third-order valence-electron chi connectivity index (χ3n) is 5.30. The summed E-state index contributed by atoms with van der Waals surface area (Å²) in [6, 6.07) is 0. The first kappa shape index (κ1) is 18.1. The van der Waals surface area contributed by atoms with E-state index in [2.05, 4.69) is 27.1 Å². The molecule has 0 aromatic carbocycles. The highest BCUT2D eigenvalue weighted by Crippen LogP contribution is 2.23. The van der Waals surface area contributed by atoms with Gasteiger partial charge >= 0.3 is 0 Å². The van der Waals surface area contributed by atoms with Crippen LogP contribution >= 0.6 is 0 Å². The minimum absolute atomic E-state index is 0.0684. The minimum atomic E-state index is 0.0684. The molecule has 2 aliphatic heterocycles. The molecule has 0 spiro atoms. The Morgan fingerprint density at radius 1 is 1.32 bits per heavy atom. The second kappa shape index (κ2) is 8.58. The Balaban J connectivity index is 1.66. The molecule has 25 heavy (non-hydrogen) atoms. The second-order valence-electron chi connectivity index (χ2n) is 6.86. The van der Waals surface area contributed by atoms with Crippen LogP contribution in [0.1, 0.15) is 31.0 Å². The van der Waals surface area contributed by atoms with E-state index in [9.17, 15) is 4.79 Å². The van der Waals surface area contributed by atoms with Gasteiger partial charge in [-0.1, -0.05) is 6.92 Å². The van der Waals surface area contributed by atoms with Gasteiger partial charge in [-0.3, -0.25) is 4.79 Å². The third-order valence-corrected chi connectivity index (χ3v) is 5.30. The number of carbonyl (C=O) groups excluding carboxylic acids is 1. The van der Waals surface area contributed by atoms with Crippen molar-refractivity contribution >= 4 is 11.7 Å². The van der Waals surface area contributed by atoms with Crippen LogP contribution in [0.4, 0.5) is 5.82 Å². The highest BCUT2D eigenvalue weighted by molar-refractivity contribution is 5.79. The number of hydrogen-bond acceptors (Lipinski definition) is 6. The molecule has 0 saturated carbocycles. The number of fused-ring (bicyclic) bond motifs is 1. The number of aliphatic hydroxyl groups is 1. The number of aliphatic hydroxyl groups excluding tert-OH is 1. The van der Waals surface area contributed by atoms with Crippen molar-refractivity contribution in [2.45, 2.75) is 32.6 Å². The molecule has 1 atom stereocenters. The summed E-state index contributed by atoms with van der Waals surface area (Å²) in [5, 5.41) is 12.2. The van der Waals surface area contributed by atoms with E-state index >= 15 is 0 Å². The zero-order chi connectivity index (χ0) is 17.6. The van der Waals surface area contributed by atoms with Crippen LogP contribution in [-0.2, 0) is 17.6 Å². The topological polar surface area (TPSA) is 81.6 Å². The first-order chi connectivity index (χ1) is 12.2. The first-order valence-electron chi connectivity index (χ1n) is 9.41. The number of carbonyl (C=O) groups is 1. The highest BCUT2D eigenvalue weighted by atomic mass is 16.3. The van der Waals surface area contributed by atoms with Crippen LogP contribution in [0.15, 0.2) is 6.33 Å². The maximum Gasteiger partial charge on any atom is 0.226 e. The van der Waals surface area contributed by atoms with Gasteiger partial charge in [-0.25, -0.2) is 9.97 Å². The molecule has 7 heteroatoms. The van der Waals surface area contributed by atoms with Crippen LogP contribution in [0, 0.1) is 5.92 Å². The molecule has 1 aromatic heterocycles. The van der Waals surface area contributed by atoms with Crippen molar-refractivity contribution in [2.24, 2.45) is 5.92 Å². The fourth-order valence-corrected chi connectivity index (χ4v) is 3.88. The Hall–Kier alpha value is -1.73. The van der Waals surface area contributed by atoms with Gasteiger partial charge in [-0.05, 0) is 32.4 Å². The lowest BCUT2D eigenvalue weighted by Gasteiger charge is -2.34. The van der Waals surface area contributed by atoms with Gasteiger partial charge in [-0.15, -0.1) is 0 Å². The second-order valence-corrected chi connectivity index (χ2v) is 6.86. The van der Waals surface area contributed by atoms with Crippen LogP contribution in [0.25, 0.3) is 0 Å². The van der Waals surface area contributed by atoms with Crippen LogP contribution in [-0.4, -0.2) is 76.7 Å². The van der Waals surface area contributed by atoms with E-state index in [1.807, 2.05) is 4.90 Å². The smallest absolute Gasteiger partial charge is 0.226 e. The lowest BCUT2D eigenvalue weighted by molar-refractivity contribution is -0.137. The summed E-state index contributed by atoms with van der Waals surface area (Å²) in [6.07, 6.45) is 5.21. The Bertz CT molecular complexity index is 595. The van der Waals surface area contributed by atoms with Gasteiger partial charge in [0.1, 0.15) is 12.1 Å². The predicted molar refractivity (Wildman–Crippen MR) is 96.4 cm³/mol. The quantitative estimate of drug-likeness (QED) is 0.809. The average Bonchev–Trinajstić information content (AvgIpc) is 2.89. The lowest BCUT2D eigenvalue weighted by atomic mass is 9.96. The fourth-order valence-electron chi connectivity index (χ4n) is 3.88. The molecule has 7 nitrogen and oxygen atoms in total. The average molecular weight is 347 g/mol. The number of nitrogens with one attached hydrogen (secondary N) is 1. The number of amides is 1. The zero-order valence-corrected chi connectivity index (χ0v) is 15.1. The molecule has 138 valence electrons. The van der Waals surface area contributed by atoms with E-state index in [1.54, 1.807) is 6.33 Å². The van der Waals surface area contributed by atoms with Gasteiger partial charge < -0.3 is 20.2 Å². The van der Waals surface area contributed by atoms with Crippen LogP contribution in [0.5, 0.6) is 0 Å². The molecule has 2 aliphatic rings. The van der Waals surface area contributed by atoms with Crippen molar-refractivity contribution < 1.29 is 9.90 Å². The van der Waals surface area contributed by atoms with Crippen molar-refractivity contribution in [3.63, 3.8) is 0 Å². The largest absolute Gasteiger partial charge is 0.395 e. The molecule has 2 N–H and O–H groups in total. The van der Waals surface area contributed by atoms with E-state index < -0.39 is 0 Å². The van der Waals surface area contributed by atoms with Gasteiger partial charge in [-0.2, -0.15) is 0 Å². The van der Waals surface area contributed by atoms with Crippen molar-refractivity contribution in [3.05, 3.63) is 17.6 Å². The van der Waals surface area contributed by atoms with E-state index in [0.29, 0.717) is 12.5 Å². The molecule has 0 aliphatic carbocycles. The minimum Gasteiger partial charge on any atom is -0.395 e. The maximum atomic E-state index is 13.0. The summed E-state index contributed by atoms with van der Waals surface area (Å²) in [4.78, 5) is 26.1. The molecule has 1 aromatic rings. The van der Waals surface area contributed by atoms with Crippen molar-refractivity contribution in [1.29, 1.82) is 0 Å². The molecule has 0 radical (unpaired) electrons. The first-order valence-corrected chi connectivity index (χ1v) is 9.41.